The van der Waals surface area contributed by atoms with Crippen molar-refractivity contribution in [2.75, 3.05) is 49.0 Å². The van der Waals surface area contributed by atoms with Gasteiger partial charge in [-0.1, -0.05) is 95.3 Å². The lowest BCUT2D eigenvalue weighted by atomic mass is 9.72. The zero-order valence-electron chi connectivity index (χ0n) is 75.6. The number of carbonyl (C=O) groups is 4. The Labute approximate surface area is 849 Å². The van der Waals surface area contributed by atoms with Crippen molar-refractivity contribution in [2.45, 2.75) is 164 Å². The highest BCUT2D eigenvalue weighted by atomic mass is 79.9. The number of hydrogen-bond donors (Lipinski definition) is 11. The molecule has 5 aliphatic carbocycles. The summed E-state index contributed by atoms with van der Waals surface area (Å²) in [6.07, 6.45) is 20.8. The van der Waals surface area contributed by atoms with Crippen molar-refractivity contribution in [3.05, 3.63) is 271 Å². The number of ether oxygens (including phenoxy) is 2. The summed E-state index contributed by atoms with van der Waals surface area (Å²) in [5, 5.41) is 79.5. The summed E-state index contributed by atoms with van der Waals surface area (Å²) in [5.74, 6) is -0.146. The zero-order chi connectivity index (χ0) is 101. The third-order valence-corrected chi connectivity index (χ3v) is 32.0. The van der Waals surface area contributed by atoms with Crippen molar-refractivity contribution >= 4 is 172 Å². The maximum absolute atomic E-state index is 13.6. The number of nitrogens with two attached hydrogens (primary N) is 4. The van der Waals surface area contributed by atoms with Crippen molar-refractivity contribution < 1.29 is 99.5 Å². The minimum atomic E-state index is -4.09. The molecule has 48 heteroatoms. The first-order valence-corrected chi connectivity index (χ1v) is 55.8. The molecule has 752 valence electrons. The summed E-state index contributed by atoms with van der Waals surface area (Å²) in [6.45, 7) is 4.44. The first kappa shape index (κ1) is 107. The van der Waals surface area contributed by atoms with Crippen LogP contribution in [-0.4, -0.2) is 193 Å². The largest absolute Gasteiger partial charge is 0.489 e. The standard InChI is InChI=1S/C25H34N4O6S2.C23H23BrN4O5S2.C23H24ClN3O6S2.C22H23ClN4O5S2/c26-37(32,33)35-13-16-9-19(11-21(16)30)29-24-20(12-27-15-28-24)23(31)22-10-18(14-36-22)25(7-4-8-34-25)17-5-2-1-3-6-17;1-13(14-3-2-4-17(24)5-14)16-7-21(34-11-16)22(30)19-9-26-12-27-23(19)28-18-6-15(20(29)8-18)10-33-35(25,31)32;24-17-1-3-18(4-2-17)32-10-15-8-22(34-12-15)23(29)19-9-26-13-27-20(19)6-14-5-16(21(28)7-14)11-33-35(25,30)31;23-18-4-2-1-3-14(18)5-13-6-20(33-11-13)21(29)17-9-25-12-26-22(17)27-16-7-15(19(28)8-16)10-32-34(24,30)31/h10,12,14-17,19,21,30H,1-9,11,13H2,(H2,26,32,33)(H,27,28,29);2-5,7,9,11-12,15,18,20,29H,1,6,8,10H2,(H2,25,31,32)(H,26,27,28);1-4,8-9,12-14,16,21,28H,5-7,10-11H2,(H2,25,30,31);1-4,6,9,11-12,15-16,19,28H,5,7-8,10H2,(H2,24,30,31)(H,25,26,27)/t16-,19-,21+,25?;15-,18-,20+;14-,16+,21-;15-,16-,19+/m1101/s1. The van der Waals surface area contributed by atoms with Gasteiger partial charge in [-0.25, -0.2) is 60.4 Å². The van der Waals surface area contributed by atoms with Crippen molar-refractivity contribution in [3.63, 3.8) is 0 Å². The van der Waals surface area contributed by atoms with Gasteiger partial charge in [-0.2, -0.15) is 33.7 Å². The van der Waals surface area contributed by atoms with Crippen LogP contribution in [0.5, 0.6) is 5.75 Å². The average Bonchev–Trinajstić information content (AvgIpc) is 1.62. The van der Waals surface area contributed by atoms with Crippen molar-refractivity contribution in [2.24, 2.45) is 56.1 Å². The summed E-state index contributed by atoms with van der Waals surface area (Å²) in [5.41, 5.74) is 8.18. The lowest BCUT2D eigenvalue weighted by molar-refractivity contribution is -0.0611. The minimum absolute atomic E-state index is 0.00667. The molecule has 37 nitrogen and oxygen atoms in total. The molecule has 6 aliphatic rings. The van der Waals surface area contributed by atoms with Crippen LogP contribution in [0.2, 0.25) is 10.0 Å². The van der Waals surface area contributed by atoms with Gasteiger partial charge in [-0.3, -0.25) is 35.9 Å². The van der Waals surface area contributed by atoms with E-state index in [9.17, 15) is 73.3 Å². The number of aromatic nitrogens is 8. The number of thiophene rings is 4. The zero-order valence-corrected chi connectivity index (χ0v) is 85.2. The van der Waals surface area contributed by atoms with E-state index in [4.69, 9.17) is 53.2 Å². The number of nitrogens with one attached hydrogen (secondary N) is 3. The van der Waals surface area contributed by atoms with Crippen LogP contribution in [0.1, 0.15) is 196 Å². The molecule has 3 aromatic carbocycles. The Hall–Kier alpha value is -9.26. The molecule has 15 N–H and O–H groups in total. The predicted octanol–water partition coefficient (Wildman–Crippen LogP) is 12.4. The number of rotatable bonds is 37. The van der Waals surface area contributed by atoms with Crippen LogP contribution in [-0.2, 0) is 87.7 Å². The number of aliphatic hydroxyl groups is 4. The topological polar surface area (TPSA) is 584 Å². The van der Waals surface area contributed by atoms with Crippen LogP contribution >= 0.6 is 84.5 Å². The molecule has 0 radical (unpaired) electrons. The number of anilines is 3. The molecule has 9 heterocycles. The Morgan fingerprint density at radius 3 is 1.43 bits per heavy atom. The van der Waals surface area contributed by atoms with E-state index in [0.29, 0.717) is 157 Å². The van der Waals surface area contributed by atoms with Gasteiger partial charge in [0.2, 0.25) is 23.1 Å². The fraction of sp³-hybridized carbons (Fsp3) is 0.398. The Bertz CT molecular complexity index is 6720. The minimum Gasteiger partial charge on any atom is -0.489 e. The molecule has 141 heavy (non-hydrogen) atoms. The van der Waals surface area contributed by atoms with Crippen LogP contribution in [0, 0.1) is 35.5 Å². The van der Waals surface area contributed by atoms with E-state index in [-0.39, 0.29) is 85.1 Å². The predicted molar refractivity (Wildman–Crippen MR) is 535 cm³/mol. The van der Waals surface area contributed by atoms with Gasteiger partial charge in [-0.15, -0.1) is 45.3 Å². The van der Waals surface area contributed by atoms with Crippen molar-refractivity contribution in [3.8, 4) is 5.75 Å². The van der Waals surface area contributed by atoms with Crippen LogP contribution in [0.4, 0.5) is 17.5 Å². The van der Waals surface area contributed by atoms with Gasteiger partial charge >= 0.3 is 41.2 Å². The summed E-state index contributed by atoms with van der Waals surface area (Å²) < 4.78 is 120. The second-order valence-electron chi connectivity index (χ2n) is 35.2. The van der Waals surface area contributed by atoms with Crippen LogP contribution < -0.4 is 41.2 Å². The highest BCUT2D eigenvalue weighted by Gasteiger charge is 2.46. The number of halogens is 3. The smallest absolute Gasteiger partial charge is 0.333 e. The van der Waals surface area contributed by atoms with Gasteiger partial charge in [0, 0.05) is 93.3 Å². The van der Waals surface area contributed by atoms with Crippen molar-refractivity contribution in [1.82, 2.24) is 39.9 Å². The number of aliphatic hydroxyl groups excluding tert-OH is 4. The molecule has 8 aromatic heterocycles. The first-order valence-electron chi connectivity index (χ1n) is 44.8. The fourth-order valence-electron chi connectivity index (χ4n) is 18.3. The monoisotopic (exact) mass is 2190 g/mol. The van der Waals surface area contributed by atoms with E-state index in [1.54, 1.807) is 36.4 Å². The highest BCUT2D eigenvalue weighted by Crippen LogP contribution is 2.50. The molecular weight excluding hydrogens is 2090 g/mol. The maximum atomic E-state index is 13.6. The van der Waals surface area contributed by atoms with Gasteiger partial charge in [0.15, 0.2) is 0 Å². The quantitative estimate of drug-likeness (QED) is 0.0161. The van der Waals surface area contributed by atoms with E-state index < -0.39 is 83.4 Å². The Kier molecular flexibility index (Phi) is 37.1. The van der Waals surface area contributed by atoms with Crippen LogP contribution in [0.25, 0.3) is 5.57 Å². The highest BCUT2D eigenvalue weighted by molar-refractivity contribution is 9.10. The molecule has 11 aromatic rings. The van der Waals surface area contributed by atoms with E-state index in [1.165, 1.54) is 115 Å². The summed E-state index contributed by atoms with van der Waals surface area (Å²) in [6, 6.07) is 29.1. The summed E-state index contributed by atoms with van der Waals surface area (Å²) >= 11 is 21.0. The third kappa shape index (κ3) is 30.2. The lowest BCUT2D eigenvalue weighted by Gasteiger charge is -2.39. The second kappa shape index (κ2) is 48.6. The molecule has 6 fully saturated rings. The molecule has 1 aliphatic heterocycles. The van der Waals surface area contributed by atoms with E-state index in [2.05, 4.69) is 100 Å². The number of hydrogen-bond acceptors (Lipinski definition) is 37. The molecule has 1 unspecified atom stereocenters. The molecule has 13 atom stereocenters. The molecule has 17 rings (SSSR count). The molecule has 1 saturated heterocycles. The average molecular weight is 2190 g/mol. The van der Waals surface area contributed by atoms with Gasteiger partial charge < -0.3 is 45.9 Å². The van der Waals surface area contributed by atoms with Crippen LogP contribution in [0.15, 0.2) is 180 Å². The Morgan fingerprint density at radius 2 is 0.936 bits per heavy atom. The van der Waals surface area contributed by atoms with Gasteiger partial charge in [0.1, 0.15) is 55.1 Å². The molecule has 0 bridgehead atoms. The summed E-state index contributed by atoms with van der Waals surface area (Å²) in [7, 11) is -16.3. The number of ketones is 4. The molecule has 5 saturated carbocycles. The van der Waals surface area contributed by atoms with Gasteiger partial charge in [-0.05, 0) is 223 Å². The third-order valence-electron chi connectivity index (χ3n) is 25.2. The van der Waals surface area contributed by atoms with Gasteiger partial charge in [0.25, 0.3) is 0 Å². The second-order valence-corrected chi connectivity index (χ2v) is 45.5. The van der Waals surface area contributed by atoms with Gasteiger partial charge in [0.05, 0.1) is 104 Å². The number of carbonyl (C=O) groups excluding carboxylic acids is 4. The first-order chi connectivity index (χ1) is 67.2. The molecule has 0 amide bonds. The number of benzene rings is 3. The van der Waals surface area contributed by atoms with E-state index in [1.807, 2.05) is 76.8 Å². The number of nitrogens with zero attached hydrogens (tertiary/aromatic N) is 8. The molecular formula is C93H104BrCl2N15O22S8. The Balaban J connectivity index is 0.000000150. The Morgan fingerprint density at radius 1 is 0.489 bits per heavy atom. The van der Waals surface area contributed by atoms with E-state index in [0.717, 1.165) is 75.7 Å². The van der Waals surface area contributed by atoms with Crippen LogP contribution in [0.3, 0.4) is 0 Å². The SMILES string of the molecule is C=C(c1cccc(Br)c1)c1csc(C(=O)c2cncnc2N[C@@H]2C[C@H](COS(N)(=O)=O)[C@@H](O)C2)c1.NS(=O)(=O)OC[C@H]1C[C@@H](Cc2ncncc2C(=O)c2cc(COc3ccc(Cl)cc3)cs2)C[C@@H]1O.NS(=O)(=O)OC[C@H]1C[C@@H](Nc2ncncc2C(=O)c2cc(C3(C4CCCCC4)CCCO3)cs2)C[C@@H]1O.NS(=O)(=O)OC[C@H]1C[C@@H](Nc2ncncc2C(=O)c2cc(Cc3ccccc3Cl)cs2)C[C@@H]1O. The molecule has 0 spiro atoms. The van der Waals surface area contributed by atoms with Crippen molar-refractivity contribution in [1.29, 1.82) is 0 Å². The fourth-order valence-corrected chi connectivity index (χ4v) is 24.0. The summed E-state index contributed by atoms with van der Waals surface area (Å²) in [4.78, 5) is 88.8. The maximum Gasteiger partial charge on any atom is 0.333 e. The lowest BCUT2D eigenvalue weighted by Crippen LogP contribution is -2.35. The van der Waals surface area contributed by atoms with E-state index >= 15 is 0 Å². The normalized spacial score (nSPS) is 22.5.